The number of nitrogens with zero attached hydrogens (tertiary/aromatic N) is 1. The quantitative estimate of drug-likeness (QED) is 0.695. The van der Waals surface area contributed by atoms with E-state index in [-0.39, 0.29) is 11.8 Å². The van der Waals surface area contributed by atoms with E-state index in [0.717, 1.165) is 6.42 Å². The van der Waals surface area contributed by atoms with E-state index in [1.165, 1.54) is 4.90 Å². The third kappa shape index (κ3) is 2.47. The highest BCUT2D eigenvalue weighted by Crippen LogP contribution is 2.19. The van der Waals surface area contributed by atoms with Gasteiger partial charge in [0.2, 0.25) is 5.91 Å². The molecule has 0 saturated carbocycles. The average Bonchev–Trinajstić information content (AvgIpc) is 2.63. The Morgan fingerprint density at radius 3 is 2.53 bits per heavy atom. The zero-order valence-electron chi connectivity index (χ0n) is 9.14. The molecule has 1 rings (SSSR count). The van der Waals surface area contributed by atoms with Gasteiger partial charge >= 0.3 is 5.97 Å². The first-order valence-corrected chi connectivity index (χ1v) is 5.24. The molecule has 0 aromatic heterocycles. The summed E-state index contributed by atoms with van der Waals surface area (Å²) >= 11 is 0. The van der Waals surface area contributed by atoms with Gasteiger partial charge in [-0.05, 0) is 18.8 Å². The lowest BCUT2D eigenvalue weighted by atomic mass is 10.0. The molecule has 1 aliphatic heterocycles. The maximum absolute atomic E-state index is 11.8. The fourth-order valence-corrected chi connectivity index (χ4v) is 1.76. The van der Waals surface area contributed by atoms with Crippen molar-refractivity contribution < 1.29 is 14.7 Å². The summed E-state index contributed by atoms with van der Waals surface area (Å²) in [6.07, 6.45) is 1.28. The van der Waals surface area contributed by atoms with E-state index < -0.39 is 18.1 Å². The molecule has 0 aliphatic carbocycles. The molecule has 1 saturated heterocycles. The number of likely N-dealkylation sites (tertiary alicyclic amines) is 1. The Labute approximate surface area is 89.2 Å². The van der Waals surface area contributed by atoms with E-state index in [1.54, 1.807) is 0 Å². The van der Waals surface area contributed by atoms with Crippen LogP contribution in [-0.2, 0) is 9.59 Å². The molecular formula is C10H18N2O3. The molecule has 15 heavy (non-hydrogen) atoms. The molecule has 3 N–H and O–H groups in total. The predicted molar refractivity (Wildman–Crippen MR) is 55.2 cm³/mol. The third-order valence-corrected chi connectivity index (χ3v) is 2.82. The van der Waals surface area contributed by atoms with Crippen molar-refractivity contribution in [3.05, 3.63) is 0 Å². The molecule has 5 heteroatoms. The number of rotatable bonds is 3. The Hall–Kier alpha value is -1.10. The van der Waals surface area contributed by atoms with Crippen LogP contribution in [0.3, 0.4) is 0 Å². The minimum Gasteiger partial charge on any atom is -0.480 e. The molecule has 1 amide bonds. The molecule has 1 aliphatic rings. The molecule has 86 valence electrons. The Morgan fingerprint density at radius 2 is 2.07 bits per heavy atom. The van der Waals surface area contributed by atoms with Gasteiger partial charge in [0.25, 0.3) is 0 Å². The maximum atomic E-state index is 11.8. The van der Waals surface area contributed by atoms with Gasteiger partial charge in [-0.1, -0.05) is 13.8 Å². The van der Waals surface area contributed by atoms with Crippen LogP contribution in [0.15, 0.2) is 0 Å². The molecule has 5 nitrogen and oxygen atoms in total. The normalized spacial score (nSPS) is 23.2. The molecular weight excluding hydrogens is 196 g/mol. The number of carbonyl (C=O) groups is 2. The number of nitrogens with two attached hydrogens (primary N) is 1. The summed E-state index contributed by atoms with van der Waals surface area (Å²) in [7, 11) is 0. The van der Waals surface area contributed by atoms with Gasteiger partial charge in [0.15, 0.2) is 0 Å². The van der Waals surface area contributed by atoms with Gasteiger partial charge in [-0.25, -0.2) is 4.79 Å². The summed E-state index contributed by atoms with van der Waals surface area (Å²) < 4.78 is 0. The zero-order valence-corrected chi connectivity index (χ0v) is 9.14. The summed E-state index contributed by atoms with van der Waals surface area (Å²) in [6.45, 7) is 4.22. The van der Waals surface area contributed by atoms with Gasteiger partial charge in [0.05, 0.1) is 6.04 Å². The van der Waals surface area contributed by atoms with E-state index in [2.05, 4.69) is 0 Å². The van der Waals surface area contributed by atoms with Crippen molar-refractivity contribution in [1.29, 1.82) is 0 Å². The van der Waals surface area contributed by atoms with E-state index in [0.29, 0.717) is 13.0 Å². The lowest BCUT2D eigenvalue weighted by Crippen LogP contribution is -2.50. The van der Waals surface area contributed by atoms with Crippen LogP contribution >= 0.6 is 0 Å². The topological polar surface area (TPSA) is 83.6 Å². The molecule has 1 fully saturated rings. The Balaban J connectivity index is 2.70. The van der Waals surface area contributed by atoms with E-state index >= 15 is 0 Å². The number of hydrogen-bond acceptors (Lipinski definition) is 3. The van der Waals surface area contributed by atoms with E-state index in [1.807, 2.05) is 13.8 Å². The molecule has 0 unspecified atom stereocenters. The Kier molecular flexibility index (Phi) is 3.68. The summed E-state index contributed by atoms with van der Waals surface area (Å²) in [4.78, 5) is 24.1. The second-order valence-electron chi connectivity index (χ2n) is 4.30. The van der Waals surface area contributed by atoms with Gasteiger partial charge in [-0.3, -0.25) is 4.79 Å². The number of carboxylic acid groups (broad SMARTS) is 1. The highest BCUT2D eigenvalue weighted by molar-refractivity contribution is 5.87. The summed E-state index contributed by atoms with van der Waals surface area (Å²) in [5.74, 6) is -1.14. The molecule has 2 atom stereocenters. The highest BCUT2D eigenvalue weighted by atomic mass is 16.4. The standard InChI is InChI=1S/C10H18N2O3/c1-6(2)8(11)9(13)12-5-3-4-7(12)10(14)15/h6-8H,3-5,11H2,1-2H3,(H,14,15)/t7-,8-/m1/s1. The number of amides is 1. The van der Waals surface area contributed by atoms with Gasteiger partial charge < -0.3 is 15.7 Å². The number of carboxylic acids is 1. The van der Waals surface area contributed by atoms with Crippen molar-refractivity contribution in [1.82, 2.24) is 4.90 Å². The first-order chi connectivity index (χ1) is 6.95. The molecule has 0 spiro atoms. The van der Waals surface area contributed by atoms with Crippen LogP contribution in [0.2, 0.25) is 0 Å². The average molecular weight is 214 g/mol. The lowest BCUT2D eigenvalue weighted by molar-refractivity contribution is -0.149. The van der Waals surface area contributed by atoms with Crippen molar-refractivity contribution in [2.24, 2.45) is 11.7 Å². The summed E-state index contributed by atoms with van der Waals surface area (Å²) in [5.41, 5.74) is 5.72. The van der Waals surface area contributed by atoms with Gasteiger partial charge in [0.1, 0.15) is 6.04 Å². The second kappa shape index (κ2) is 4.61. The largest absolute Gasteiger partial charge is 0.480 e. The molecule has 0 aromatic rings. The third-order valence-electron chi connectivity index (χ3n) is 2.82. The van der Waals surface area contributed by atoms with Gasteiger partial charge in [-0.15, -0.1) is 0 Å². The van der Waals surface area contributed by atoms with Crippen LogP contribution in [0.25, 0.3) is 0 Å². The molecule has 0 radical (unpaired) electrons. The van der Waals surface area contributed by atoms with Crippen LogP contribution in [-0.4, -0.2) is 40.5 Å². The molecule has 1 heterocycles. The minimum absolute atomic E-state index is 0.0348. The van der Waals surface area contributed by atoms with E-state index in [9.17, 15) is 9.59 Å². The lowest BCUT2D eigenvalue weighted by Gasteiger charge is -2.26. The fraction of sp³-hybridized carbons (Fsp3) is 0.800. The number of carbonyl (C=O) groups excluding carboxylic acids is 1. The van der Waals surface area contributed by atoms with Gasteiger partial charge in [-0.2, -0.15) is 0 Å². The van der Waals surface area contributed by atoms with Crippen molar-refractivity contribution >= 4 is 11.9 Å². The molecule has 0 aromatic carbocycles. The SMILES string of the molecule is CC(C)[C@@H](N)C(=O)N1CCC[C@@H]1C(=O)O. The van der Waals surface area contributed by atoms with Crippen LogP contribution < -0.4 is 5.73 Å². The predicted octanol–water partition coefficient (Wildman–Crippen LogP) is 0.0453. The highest BCUT2D eigenvalue weighted by Gasteiger charge is 2.36. The van der Waals surface area contributed by atoms with Crippen LogP contribution in [0.1, 0.15) is 26.7 Å². The summed E-state index contributed by atoms with van der Waals surface area (Å²) in [6, 6.07) is -1.27. The first-order valence-electron chi connectivity index (χ1n) is 5.24. The zero-order chi connectivity index (χ0) is 11.6. The van der Waals surface area contributed by atoms with Crippen LogP contribution in [0, 0.1) is 5.92 Å². The maximum Gasteiger partial charge on any atom is 0.326 e. The van der Waals surface area contributed by atoms with Crippen LogP contribution in [0.4, 0.5) is 0 Å². The van der Waals surface area contributed by atoms with Crippen molar-refractivity contribution in [2.45, 2.75) is 38.8 Å². The minimum atomic E-state index is -0.934. The smallest absolute Gasteiger partial charge is 0.326 e. The van der Waals surface area contributed by atoms with E-state index in [4.69, 9.17) is 10.8 Å². The Bertz CT molecular complexity index is 265. The van der Waals surface area contributed by atoms with Gasteiger partial charge in [0, 0.05) is 6.54 Å². The van der Waals surface area contributed by atoms with Crippen LogP contribution in [0.5, 0.6) is 0 Å². The fourth-order valence-electron chi connectivity index (χ4n) is 1.76. The second-order valence-corrected chi connectivity index (χ2v) is 4.30. The summed E-state index contributed by atoms with van der Waals surface area (Å²) in [5, 5.41) is 8.92. The van der Waals surface area contributed by atoms with Crippen molar-refractivity contribution in [3.8, 4) is 0 Å². The van der Waals surface area contributed by atoms with Crippen molar-refractivity contribution in [2.75, 3.05) is 6.54 Å². The first kappa shape index (κ1) is 12.0. The monoisotopic (exact) mass is 214 g/mol. The van der Waals surface area contributed by atoms with Crippen molar-refractivity contribution in [3.63, 3.8) is 0 Å². The number of aliphatic carboxylic acids is 1. The number of hydrogen-bond donors (Lipinski definition) is 2. The Morgan fingerprint density at radius 1 is 1.47 bits per heavy atom. The molecule has 0 bridgehead atoms.